The van der Waals surface area contributed by atoms with Gasteiger partial charge in [-0.05, 0) is 30.0 Å². The number of aliphatic hydroxyl groups excluding tert-OH is 1. The van der Waals surface area contributed by atoms with E-state index >= 15 is 0 Å². The van der Waals surface area contributed by atoms with Crippen molar-refractivity contribution in [2.24, 2.45) is 5.41 Å². The minimum Gasteiger partial charge on any atom is -0.399 e. The molecule has 0 amide bonds. The highest BCUT2D eigenvalue weighted by Gasteiger charge is 2.22. The van der Waals surface area contributed by atoms with E-state index in [-0.39, 0.29) is 17.6 Å². The van der Waals surface area contributed by atoms with Crippen molar-refractivity contribution in [1.82, 2.24) is 4.72 Å². The summed E-state index contributed by atoms with van der Waals surface area (Å²) in [5, 5.41) is 9.77. The lowest BCUT2D eigenvalue weighted by Crippen LogP contribution is -2.34. The fourth-order valence-corrected chi connectivity index (χ4v) is 2.97. The minimum atomic E-state index is -4.03. The van der Waals surface area contributed by atoms with Crippen molar-refractivity contribution in [3.63, 3.8) is 0 Å². The highest BCUT2D eigenvalue weighted by Crippen LogP contribution is 2.21. The molecule has 7 heteroatoms. The third-order valence-corrected chi connectivity index (χ3v) is 4.04. The molecule has 1 aromatic rings. The summed E-state index contributed by atoms with van der Waals surface area (Å²) in [6, 6.07) is 3.33. The predicted octanol–water partition coefficient (Wildman–Crippen LogP) is 1.48. The molecule has 0 fully saturated rings. The fourth-order valence-electron chi connectivity index (χ4n) is 1.79. The summed E-state index contributed by atoms with van der Waals surface area (Å²) < 4.78 is 39.6. The Kier molecular flexibility index (Phi) is 5.12. The van der Waals surface area contributed by atoms with Crippen LogP contribution in [0.5, 0.6) is 0 Å². The van der Waals surface area contributed by atoms with E-state index in [0.717, 1.165) is 12.1 Å². The second-order valence-electron chi connectivity index (χ2n) is 5.96. The molecule has 1 aromatic carbocycles. The zero-order chi connectivity index (χ0) is 15.6. The van der Waals surface area contributed by atoms with E-state index in [4.69, 9.17) is 5.73 Å². The van der Waals surface area contributed by atoms with Crippen LogP contribution in [0.4, 0.5) is 10.1 Å². The zero-order valence-corrected chi connectivity index (χ0v) is 12.7. The number of aliphatic hydroxyl groups is 1. The van der Waals surface area contributed by atoms with Gasteiger partial charge in [0.05, 0.1) is 6.10 Å². The Bertz CT molecular complexity index is 567. The fraction of sp³-hybridized carbons (Fsp3) is 0.538. The lowest BCUT2D eigenvalue weighted by atomic mass is 9.89. The van der Waals surface area contributed by atoms with Crippen LogP contribution in [0.15, 0.2) is 23.1 Å². The number of halogens is 1. The van der Waals surface area contributed by atoms with Crippen LogP contribution in [-0.4, -0.2) is 26.2 Å². The third kappa shape index (κ3) is 5.07. The molecule has 0 spiro atoms. The van der Waals surface area contributed by atoms with Crippen LogP contribution >= 0.6 is 0 Å². The van der Waals surface area contributed by atoms with Crippen molar-refractivity contribution in [3.05, 3.63) is 24.0 Å². The molecule has 1 rings (SSSR count). The Morgan fingerprint density at radius 3 is 2.55 bits per heavy atom. The number of nitrogens with one attached hydrogen (secondary N) is 1. The Morgan fingerprint density at radius 2 is 2.00 bits per heavy atom. The molecule has 0 heterocycles. The van der Waals surface area contributed by atoms with Gasteiger partial charge in [-0.25, -0.2) is 17.5 Å². The maximum absolute atomic E-state index is 13.5. The molecule has 0 saturated carbocycles. The summed E-state index contributed by atoms with van der Waals surface area (Å²) in [4.78, 5) is -0.513. The summed E-state index contributed by atoms with van der Waals surface area (Å²) in [7, 11) is -4.03. The summed E-state index contributed by atoms with van der Waals surface area (Å²) in [5.41, 5.74) is 5.48. The first-order chi connectivity index (χ1) is 9.01. The average molecular weight is 304 g/mol. The molecule has 0 aromatic heterocycles. The number of benzene rings is 1. The topological polar surface area (TPSA) is 92.4 Å². The number of nitrogen functional groups attached to an aromatic ring is 1. The SMILES string of the molecule is CC(C)(C)CC(O)CNS(=O)(=O)c1cc(N)ccc1F. The quantitative estimate of drug-likeness (QED) is 0.718. The monoisotopic (exact) mass is 304 g/mol. The Labute approximate surface area is 119 Å². The lowest BCUT2D eigenvalue weighted by molar-refractivity contribution is 0.125. The highest BCUT2D eigenvalue weighted by atomic mass is 32.2. The van der Waals surface area contributed by atoms with Crippen LogP contribution in [0, 0.1) is 11.2 Å². The minimum absolute atomic E-state index is 0.132. The average Bonchev–Trinajstić information content (AvgIpc) is 2.27. The largest absolute Gasteiger partial charge is 0.399 e. The molecule has 5 nitrogen and oxygen atoms in total. The van der Waals surface area contributed by atoms with E-state index in [1.165, 1.54) is 6.07 Å². The van der Waals surface area contributed by atoms with Gasteiger partial charge in [-0.2, -0.15) is 0 Å². The van der Waals surface area contributed by atoms with E-state index < -0.39 is 26.8 Å². The van der Waals surface area contributed by atoms with Gasteiger partial charge in [0.15, 0.2) is 0 Å². The molecule has 1 unspecified atom stereocenters. The van der Waals surface area contributed by atoms with Crippen molar-refractivity contribution >= 4 is 15.7 Å². The molecule has 0 aliphatic heterocycles. The van der Waals surface area contributed by atoms with Gasteiger partial charge in [-0.15, -0.1) is 0 Å². The lowest BCUT2D eigenvalue weighted by Gasteiger charge is -2.22. The highest BCUT2D eigenvalue weighted by molar-refractivity contribution is 7.89. The van der Waals surface area contributed by atoms with Gasteiger partial charge in [0.25, 0.3) is 0 Å². The zero-order valence-electron chi connectivity index (χ0n) is 11.9. The number of nitrogens with two attached hydrogens (primary N) is 1. The van der Waals surface area contributed by atoms with Crippen molar-refractivity contribution in [3.8, 4) is 0 Å². The van der Waals surface area contributed by atoms with Gasteiger partial charge in [0.2, 0.25) is 10.0 Å². The van der Waals surface area contributed by atoms with Gasteiger partial charge in [-0.1, -0.05) is 20.8 Å². The van der Waals surface area contributed by atoms with Crippen LogP contribution < -0.4 is 10.5 Å². The summed E-state index contributed by atoms with van der Waals surface area (Å²) in [6.45, 7) is 5.63. The summed E-state index contributed by atoms with van der Waals surface area (Å²) in [6.07, 6.45) is -0.413. The molecule has 114 valence electrons. The Morgan fingerprint density at radius 1 is 1.40 bits per heavy atom. The molecule has 20 heavy (non-hydrogen) atoms. The second kappa shape index (κ2) is 6.07. The standard InChI is InChI=1S/C13H21FN2O3S/c1-13(2,3)7-10(17)8-16-20(18,19)12-6-9(15)4-5-11(12)14/h4-6,10,16-17H,7-8,15H2,1-3H3. The Hall–Kier alpha value is -1.18. The first-order valence-corrected chi connectivity index (χ1v) is 7.72. The van der Waals surface area contributed by atoms with Crippen LogP contribution in [-0.2, 0) is 10.0 Å². The van der Waals surface area contributed by atoms with Crippen molar-refractivity contribution in [2.45, 2.75) is 38.2 Å². The van der Waals surface area contributed by atoms with Crippen LogP contribution in [0.25, 0.3) is 0 Å². The van der Waals surface area contributed by atoms with E-state index in [0.29, 0.717) is 6.42 Å². The van der Waals surface area contributed by atoms with E-state index in [1.807, 2.05) is 20.8 Å². The van der Waals surface area contributed by atoms with E-state index in [2.05, 4.69) is 4.72 Å². The predicted molar refractivity (Wildman–Crippen MR) is 76.1 cm³/mol. The summed E-state index contributed by atoms with van der Waals surface area (Å²) >= 11 is 0. The molecule has 0 saturated heterocycles. The second-order valence-corrected chi connectivity index (χ2v) is 7.70. The van der Waals surface area contributed by atoms with Gasteiger partial charge in [-0.3, -0.25) is 0 Å². The summed E-state index contributed by atoms with van der Waals surface area (Å²) in [5.74, 6) is -0.878. The van der Waals surface area contributed by atoms with Crippen LogP contribution in [0.1, 0.15) is 27.2 Å². The number of hydrogen-bond acceptors (Lipinski definition) is 4. The van der Waals surface area contributed by atoms with Gasteiger partial charge in [0.1, 0.15) is 10.7 Å². The molecule has 0 bridgehead atoms. The van der Waals surface area contributed by atoms with Crippen LogP contribution in [0.2, 0.25) is 0 Å². The molecule has 1 atom stereocenters. The number of anilines is 1. The molecule has 0 radical (unpaired) electrons. The Balaban J connectivity index is 2.78. The van der Waals surface area contributed by atoms with Crippen molar-refractivity contribution in [1.29, 1.82) is 0 Å². The molecule has 0 aliphatic carbocycles. The first kappa shape index (κ1) is 16.9. The number of sulfonamides is 1. The molecule has 0 aliphatic rings. The van der Waals surface area contributed by atoms with E-state index in [9.17, 15) is 17.9 Å². The number of hydrogen-bond donors (Lipinski definition) is 3. The van der Waals surface area contributed by atoms with Gasteiger partial charge >= 0.3 is 0 Å². The maximum Gasteiger partial charge on any atom is 0.243 e. The third-order valence-electron chi connectivity index (χ3n) is 2.60. The normalized spacial score (nSPS) is 14.2. The first-order valence-electron chi connectivity index (χ1n) is 6.24. The van der Waals surface area contributed by atoms with E-state index in [1.54, 1.807) is 0 Å². The smallest absolute Gasteiger partial charge is 0.243 e. The number of rotatable bonds is 5. The molecular weight excluding hydrogens is 283 g/mol. The van der Waals surface area contributed by atoms with Crippen LogP contribution in [0.3, 0.4) is 0 Å². The van der Waals surface area contributed by atoms with Crippen molar-refractivity contribution < 1.29 is 17.9 Å². The van der Waals surface area contributed by atoms with Crippen molar-refractivity contribution in [2.75, 3.05) is 12.3 Å². The molecule has 4 N–H and O–H groups in total. The van der Waals surface area contributed by atoms with Gasteiger partial charge in [0, 0.05) is 12.2 Å². The maximum atomic E-state index is 13.5. The van der Waals surface area contributed by atoms with Gasteiger partial charge < -0.3 is 10.8 Å². The molecular formula is C13H21FN2O3S.